The van der Waals surface area contributed by atoms with Crippen LogP contribution in [0.4, 0.5) is 0 Å². The maximum atomic E-state index is 9.78. The van der Waals surface area contributed by atoms with Gasteiger partial charge in [0.2, 0.25) is 0 Å². The summed E-state index contributed by atoms with van der Waals surface area (Å²) in [6.45, 7) is 11.3. The summed E-state index contributed by atoms with van der Waals surface area (Å²) >= 11 is 0. The molecule has 2 unspecified atom stereocenters. The van der Waals surface area contributed by atoms with Crippen molar-refractivity contribution in [3.63, 3.8) is 0 Å². The zero-order chi connectivity index (χ0) is 17.4. The monoisotopic (exact) mass is 469 g/mol. The van der Waals surface area contributed by atoms with E-state index in [1.165, 1.54) is 0 Å². The van der Waals surface area contributed by atoms with E-state index < -0.39 is 0 Å². The Kier molecular flexibility index (Phi) is 10.6. The third-order valence-electron chi connectivity index (χ3n) is 5.51. The van der Waals surface area contributed by atoms with Gasteiger partial charge < -0.3 is 24.8 Å². The normalized spacial score (nSPS) is 25.0. The van der Waals surface area contributed by atoms with E-state index in [1.54, 1.807) is 0 Å². The number of hydrogen-bond acceptors (Lipinski definition) is 4. The van der Waals surface area contributed by atoms with Crippen LogP contribution in [0.5, 0.6) is 0 Å². The summed E-state index contributed by atoms with van der Waals surface area (Å²) in [6.07, 6.45) is 4.44. The van der Waals surface area contributed by atoms with E-state index >= 15 is 0 Å². The lowest BCUT2D eigenvalue weighted by molar-refractivity contribution is -0.0817. The number of aliphatic hydroxyl groups is 1. The van der Waals surface area contributed by atoms with E-state index in [4.69, 9.17) is 14.5 Å². The van der Waals surface area contributed by atoms with Gasteiger partial charge in [-0.05, 0) is 32.6 Å². The van der Waals surface area contributed by atoms with Crippen LogP contribution in [0.3, 0.4) is 0 Å². The minimum Gasteiger partial charge on any atom is -0.396 e. The summed E-state index contributed by atoms with van der Waals surface area (Å²) < 4.78 is 11.7. The molecule has 2 saturated heterocycles. The summed E-state index contributed by atoms with van der Waals surface area (Å²) in [4.78, 5) is 7.14. The lowest BCUT2D eigenvalue weighted by Crippen LogP contribution is -2.53. The summed E-state index contributed by atoms with van der Waals surface area (Å²) in [5, 5.41) is 13.2. The predicted molar refractivity (Wildman–Crippen MR) is 112 cm³/mol. The van der Waals surface area contributed by atoms with Gasteiger partial charge in [0.25, 0.3) is 0 Å². The molecule has 0 bridgehead atoms. The molecule has 2 N–H and O–H groups in total. The fourth-order valence-electron chi connectivity index (χ4n) is 3.40. The zero-order valence-electron chi connectivity index (χ0n) is 16.0. The predicted octanol–water partition coefficient (Wildman–Crippen LogP) is 2.25. The van der Waals surface area contributed by atoms with Gasteiger partial charge in [-0.1, -0.05) is 13.8 Å². The van der Waals surface area contributed by atoms with Gasteiger partial charge in [0, 0.05) is 31.7 Å². The SMILES string of the molecule is CCNC(=NCC(CC)(CC)CO)N1CCOC(C2CCCO2)C1.I. The standard InChI is InChI=1S/C18H35N3O3.HI/c1-4-18(5-2,14-22)13-20-17(19-6-3)21-9-11-24-16(12-21)15-8-7-10-23-15;/h15-16,22H,4-14H2,1-3H3,(H,19,20);1H. The van der Waals surface area contributed by atoms with Crippen LogP contribution in [-0.2, 0) is 9.47 Å². The van der Waals surface area contributed by atoms with Gasteiger partial charge >= 0.3 is 0 Å². The second-order valence-electron chi connectivity index (χ2n) is 6.94. The lowest BCUT2D eigenvalue weighted by atomic mass is 9.83. The van der Waals surface area contributed by atoms with Crippen LogP contribution >= 0.6 is 24.0 Å². The minimum absolute atomic E-state index is 0. The number of morpholine rings is 1. The van der Waals surface area contributed by atoms with E-state index in [0.717, 1.165) is 57.9 Å². The Hall–Kier alpha value is -0.120. The molecular formula is C18H36IN3O3. The van der Waals surface area contributed by atoms with Crippen molar-refractivity contribution in [3.8, 4) is 0 Å². The number of guanidine groups is 1. The van der Waals surface area contributed by atoms with Gasteiger partial charge in [0.15, 0.2) is 5.96 Å². The number of ether oxygens (including phenoxy) is 2. The maximum absolute atomic E-state index is 9.78. The largest absolute Gasteiger partial charge is 0.396 e. The van der Waals surface area contributed by atoms with Crippen molar-refractivity contribution in [2.75, 3.05) is 46.0 Å². The molecule has 2 aliphatic rings. The van der Waals surface area contributed by atoms with E-state index in [0.29, 0.717) is 13.2 Å². The number of aliphatic hydroxyl groups excluding tert-OH is 1. The highest BCUT2D eigenvalue weighted by Crippen LogP contribution is 2.26. The molecule has 0 aromatic heterocycles. The summed E-state index contributed by atoms with van der Waals surface area (Å²) in [6, 6.07) is 0. The van der Waals surface area contributed by atoms with E-state index in [1.807, 2.05) is 0 Å². The molecule has 0 aliphatic carbocycles. The number of nitrogens with zero attached hydrogens (tertiary/aromatic N) is 2. The van der Waals surface area contributed by atoms with Gasteiger partial charge in [0.1, 0.15) is 6.10 Å². The molecule has 2 fully saturated rings. The van der Waals surface area contributed by atoms with Crippen molar-refractivity contribution in [2.24, 2.45) is 10.4 Å². The second kappa shape index (κ2) is 11.6. The summed E-state index contributed by atoms with van der Waals surface area (Å²) in [5.41, 5.74) is -0.110. The number of nitrogens with one attached hydrogen (secondary N) is 1. The van der Waals surface area contributed by atoms with Gasteiger partial charge in [-0.3, -0.25) is 4.99 Å². The molecule has 0 aromatic rings. The van der Waals surface area contributed by atoms with Gasteiger partial charge in [-0.15, -0.1) is 24.0 Å². The van der Waals surface area contributed by atoms with E-state index in [-0.39, 0.29) is 48.2 Å². The average molecular weight is 469 g/mol. The summed E-state index contributed by atoms with van der Waals surface area (Å²) in [5.74, 6) is 0.934. The van der Waals surface area contributed by atoms with Crippen molar-refractivity contribution < 1.29 is 14.6 Å². The smallest absolute Gasteiger partial charge is 0.194 e. The van der Waals surface area contributed by atoms with Crippen molar-refractivity contribution in [3.05, 3.63) is 0 Å². The average Bonchev–Trinajstić information content (AvgIpc) is 3.17. The Labute approximate surface area is 169 Å². The molecule has 0 amide bonds. The third kappa shape index (κ3) is 6.22. The second-order valence-corrected chi connectivity index (χ2v) is 6.94. The van der Waals surface area contributed by atoms with Crippen molar-refractivity contribution in [1.29, 1.82) is 0 Å². The molecule has 2 atom stereocenters. The first kappa shape index (κ1) is 22.9. The van der Waals surface area contributed by atoms with Crippen LogP contribution in [-0.4, -0.2) is 74.2 Å². The van der Waals surface area contributed by atoms with Crippen LogP contribution in [0.25, 0.3) is 0 Å². The molecule has 0 saturated carbocycles. The molecular weight excluding hydrogens is 433 g/mol. The maximum Gasteiger partial charge on any atom is 0.194 e. The Morgan fingerprint density at radius 1 is 1.20 bits per heavy atom. The fraction of sp³-hybridized carbons (Fsp3) is 0.944. The van der Waals surface area contributed by atoms with Gasteiger partial charge in [-0.25, -0.2) is 0 Å². The number of rotatable bonds is 7. The molecule has 0 spiro atoms. The lowest BCUT2D eigenvalue weighted by Gasteiger charge is -2.37. The highest BCUT2D eigenvalue weighted by Gasteiger charge is 2.32. The molecule has 148 valence electrons. The molecule has 2 heterocycles. The Morgan fingerprint density at radius 2 is 1.92 bits per heavy atom. The van der Waals surface area contributed by atoms with E-state index in [2.05, 4.69) is 31.0 Å². The van der Waals surface area contributed by atoms with Gasteiger partial charge in [0.05, 0.1) is 25.9 Å². The first-order valence-electron chi connectivity index (χ1n) is 9.55. The quantitative estimate of drug-likeness (QED) is 0.340. The van der Waals surface area contributed by atoms with Crippen molar-refractivity contribution in [2.45, 2.75) is 58.7 Å². The number of hydrogen-bond donors (Lipinski definition) is 2. The molecule has 6 nitrogen and oxygen atoms in total. The van der Waals surface area contributed by atoms with Gasteiger partial charge in [-0.2, -0.15) is 0 Å². The fourth-order valence-corrected chi connectivity index (χ4v) is 3.40. The molecule has 7 heteroatoms. The van der Waals surface area contributed by atoms with Crippen molar-refractivity contribution in [1.82, 2.24) is 10.2 Å². The first-order valence-corrected chi connectivity index (χ1v) is 9.55. The molecule has 0 aromatic carbocycles. The molecule has 25 heavy (non-hydrogen) atoms. The van der Waals surface area contributed by atoms with E-state index in [9.17, 15) is 5.11 Å². The van der Waals surface area contributed by atoms with Crippen LogP contribution < -0.4 is 5.32 Å². The van der Waals surface area contributed by atoms with Crippen LogP contribution in [0, 0.1) is 5.41 Å². The Bertz CT molecular complexity index is 391. The van der Waals surface area contributed by atoms with Crippen LogP contribution in [0.1, 0.15) is 46.5 Å². The Balaban J connectivity index is 0.00000312. The van der Waals surface area contributed by atoms with Crippen LogP contribution in [0.2, 0.25) is 0 Å². The highest BCUT2D eigenvalue weighted by atomic mass is 127. The Morgan fingerprint density at radius 3 is 2.48 bits per heavy atom. The van der Waals surface area contributed by atoms with Crippen LogP contribution in [0.15, 0.2) is 4.99 Å². The molecule has 2 rings (SSSR count). The summed E-state index contributed by atoms with van der Waals surface area (Å²) in [7, 11) is 0. The number of aliphatic imine (C=N–C) groups is 1. The third-order valence-corrected chi connectivity index (χ3v) is 5.51. The molecule has 0 radical (unpaired) electrons. The minimum atomic E-state index is -0.110. The number of halogens is 1. The highest BCUT2D eigenvalue weighted by molar-refractivity contribution is 14.0. The first-order chi connectivity index (χ1) is 11.7. The zero-order valence-corrected chi connectivity index (χ0v) is 18.3. The molecule has 2 aliphatic heterocycles. The topological polar surface area (TPSA) is 66.3 Å². The van der Waals surface area contributed by atoms with Crippen molar-refractivity contribution >= 4 is 29.9 Å².